The summed E-state index contributed by atoms with van der Waals surface area (Å²) in [4.78, 5) is 0. The van der Waals surface area contributed by atoms with Gasteiger partial charge in [-0.05, 0) is 25.3 Å². The quantitative estimate of drug-likeness (QED) is 0.786. The highest BCUT2D eigenvalue weighted by molar-refractivity contribution is 7.87. The van der Waals surface area contributed by atoms with Crippen molar-refractivity contribution in [3.8, 4) is 0 Å². The van der Waals surface area contributed by atoms with Crippen LogP contribution in [0.25, 0.3) is 0 Å². The summed E-state index contributed by atoms with van der Waals surface area (Å²) in [5.41, 5.74) is -0.0403. The molecule has 1 heterocycles. The van der Waals surface area contributed by atoms with E-state index in [4.69, 9.17) is 0 Å². The second kappa shape index (κ2) is 6.32. The van der Waals surface area contributed by atoms with E-state index in [2.05, 4.69) is 10.0 Å². The number of rotatable bonds is 5. The van der Waals surface area contributed by atoms with E-state index in [1.54, 1.807) is 4.31 Å². The molecular weight excluding hydrogens is 250 g/mol. The topological polar surface area (TPSA) is 61.4 Å². The summed E-state index contributed by atoms with van der Waals surface area (Å²) in [6.07, 6.45) is 3.01. The Labute approximate surface area is 112 Å². The molecule has 2 N–H and O–H groups in total. The third-order valence-electron chi connectivity index (χ3n) is 3.11. The van der Waals surface area contributed by atoms with Gasteiger partial charge in [0.1, 0.15) is 0 Å². The van der Waals surface area contributed by atoms with Crippen molar-refractivity contribution in [3.63, 3.8) is 0 Å². The molecule has 0 aromatic heterocycles. The molecule has 0 aliphatic carbocycles. The molecule has 1 rings (SSSR count). The first-order valence-corrected chi connectivity index (χ1v) is 8.11. The maximum atomic E-state index is 12.3. The van der Waals surface area contributed by atoms with E-state index in [1.165, 1.54) is 0 Å². The van der Waals surface area contributed by atoms with Crippen LogP contribution in [0.15, 0.2) is 0 Å². The highest BCUT2D eigenvalue weighted by Crippen LogP contribution is 2.20. The van der Waals surface area contributed by atoms with Gasteiger partial charge >= 0.3 is 0 Å². The van der Waals surface area contributed by atoms with Gasteiger partial charge in [0.05, 0.1) is 0 Å². The zero-order valence-corrected chi connectivity index (χ0v) is 12.8. The fourth-order valence-corrected chi connectivity index (χ4v) is 3.84. The Bertz CT molecular complexity index is 347. The van der Waals surface area contributed by atoms with Gasteiger partial charge in [0.25, 0.3) is 10.2 Å². The van der Waals surface area contributed by atoms with Crippen molar-refractivity contribution in [2.75, 3.05) is 26.7 Å². The number of nitrogens with one attached hydrogen (secondary N) is 2. The monoisotopic (exact) mass is 277 g/mol. The van der Waals surface area contributed by atoms with Gasteiger partial charge in [-0.1, -0.05) is 27.2 Å². The molecule has 18 heavy (non-hydrogen) atoms. The van der Waals surface area contributed by atoms with E-state index in [1.807, 2.05) is 27.8 Å². The van der Waals surface area contributed by atoms with Gasteiger partial charge in [0.15, 0.2) is 0 Å². The predicted octanol–water partition coefficient (Wildman–Crippen LogP) is 0.941. The van der Waals surface area contributed by atoms with Crippen LogP contribution in [0.4, 0.5) is 0 Å². The fraction of sp³-hybridized carbons (Fsp3) is 1.00. The largest absolute Gasteiger partial charge is 0.318 e. The van der Waals surface area contributed by atoms with Crippen molar-refractivity contribution >= 4 is 10.2 Å². The van der Waals surface area contributed by atoms with Crippen LogP contribution in [-0.2, 0) is 10.2 Å². The van der Waals surface area contributed by atoms with Crippen LogP contribution in [0.5, 0.6) is 0 Å². The van der Waals surface area contributed by atoms with Crippen LogP contribution in [0, 0.1) is 5.41 Å². The molecule has 5 nitrogen and oxygen atoms in total. The average molecular weight is 277 g/mol. The normalized spacial score (nSPS) is 23.2. The van der Waals surface area contributed by atoms with E-state index in [9.17, 15) is 8.42 Å². The zero-order valence-electron chi connectivity index (χ0n) is 12.0. The lowest BCUT2D eigenvalue weighted by Crippen LogP contribution is -2.53. The first-order valence-electron chi connectivity index (χ1n) is 6.67. The van der Waals surface area contributed by atoms with Gasteiger partial charge in [0.2, 0.25) is 0 Å². The summed E-state index contributed by atoms with van der Waals surface area (Å²) in [6, 6.07) is 0.0845. The zero-order chi connectivity index (χ0) is 13.8. The molecule has 1 aliphatic heterocycles. The maximum Gasteiger partial charge on any atom is 0.279 e. The molecular formula is C12H27N3O2S. The SMILES string of the molecule is CNCC1CCCCN1S(=O)(=O)NCC(C)(C)C. The first-order chi connectivity index (χ1) is 8.26. The van der Waals surface area contributed by atoms with Crippen LogP contribution < -0.4 is 10.0 Å². The molecule has 0 radical (unpaired) electrons. The summed E-state index contributed by atoms with van der Waals surface area (Å²) in [5.74, 6) is 0. The highest BCUT2D eigenvalue weighted by atomic mass is 32.2. The Kier molecular flexibility index (Phi) is 5.58. The Morgan fingerprint density at radius 2 is 1.94 bits per heavy atom. The Balaban J connectivity index is 2.69. The van der Waals surface area contributed by atoms with Crippen molar-refractivity contribution in [3.05, 3.63) is 0 Å². The number of hydrogen-bond donors (Lipinski definition) is 2. The third kappa shape index (κ3) is 4.84. The van der Waals surface area contributed by atoms with Crippen molar-refractivity contribution in [1.29, 1.82) is 0 Å². The van der Waals surface area contributed by atoms with Gasteiger partial charge in [0, 0.05) is 25.7 Å². The summed E-state index contributed by atoms with van der Waals surface area (Å²) >= 11 is 0. The molecule has 0 aromatic rings. The van der Waals surface area contributed by atoms with Crippen molar-refractivity contribution in [1.82, 2.24) is 14.3 Å². The second-order valence-electron chi connectivity index (χ2n) is 6.20. The minimum Gasteiger partial charge on any atom is -0.318 e. The molecule has 108 valence electrons. The molecule has 1 unspecified atom stereocenters. The Morgan fingerprint density at radius 1 is 1.28 bits per heavy atom. The van der Waals surface area contributed by atoms with E-state index < -0.39 is 10.2 Å². The van der Waals surface area contributed by atoms with E-state index in [-0.39, 0.29) is 11.5 Å². The molecule has 1 aliphatic rings. The van der Waals surface area contributed by atoms with Crippen molar-refractivity contribution in [2.45, 2.75) is 46.1 Å². The summed E-state index contributed by atoms with van der Waals surface area (Å²) in [7, 11) is -1.48. The van der Waals surface area contributed by atoms with Crippen LogP contribution >= 0.6 is 0 Å². The molecule has 0 bridgehead atoms. The summed E-state index contributed by atoms with van der Waals surface area (Å²) in [5, 5.41) is 3.08. The van der Waals surface area contributed by atoms with E-state index in [0.29, 0.717) is 13.1 Å². The predicted molar refractivity (Wildman–Crippen MR) is 74.6 cm³/mol. The minimum absolute atomic E-state index is 0.0403. The lowest BCUT2D eigenvalue weighted by atomic mass is 9.98. The summed E-state index contributed by atoms with van der Waals surface area (Å²) in [6.45, 7) is 7.89. The molecule has 1 atom stereocenters. The van der Waals surface area contributed by atoms with Crippen LogP contribution in [0.1, 0.15) is 40.0 Å². The van der Waals surface area contributed by atoms with Crippen LogP contribution in [-0.4, -0.2) is 45.4 Å². The van der Waals surface area contributed by atoms with Gasteiger partial charge in [-0.15, -0.1) is 0 Å². The van der Waals surface area contributed by atoms with Crippen LogP contribution in [0.2, 0.25) is 0 Å². The van der Waals surface area contributed by atoms with Crippen molar-refractivity contribution < 1.29 is 8.42 Å². The fourth-order valence-electron chi connectivity index (χ4n) is 2.12. The minimum atomic E-state index is -3.34. The third-order valence-corrected chi connectivity index (χ3v) is 4.71. The van der Waals surface area contributed by atoms with Gasteiger partial charge < -0.3 is 5.32 Å². The van der Waals surface area contributed by atoms with Gasteiger partial charge in [-0.3, -0.25) is 0 Å². The standard InChI is InChI=1S/C12H27N3O2S/c1-12(2,3)10-14-18(16,17)15-8-6-5-7-11(15)9-13-4/h11,13-14H,5-10H2,1-4H3. The van der Waals surface area contributed by atoms with Crippen LogP contribution in [0.3, 0.4) is 0 Å². The first kappa shape index (κ1) is 15.9. The van der Waals surface area contributed by atoms with Gasteiger partial charge in [-0.25, -0.2) is 4.72 Å². The number of nitrogens with zero attached hydrogens (tertiary/aromatic N) is 1. The lowest BCUT2D eigenvalue weighted by Gasteiger charge is -2.35. The molecule has 0 aromatic carbocycles. The summed E-state index contributed by atoms with van der Waals surface area (Å²) < 4.78 is 29.0. The number of piperidine rings is 1. The average Bonchev–Trinajstić information content (AvgIpc) is 2.27. The molecule has 0 amide bonds. The number of hydrogen-bond acceptors (Lipinski definition) is 3. The molecule has 1 saturated heterocycles. The second-order valence-corrected chi connectivity index (χ2v) is 7.91. The Hall–Kier alpha value is -0.170. The van der Waals surface area contributed by atoms with E-state index in [0.717, 1.165) is 25.8 Å². The lowest BCUT2D eigenvalue weighted by molar-refractivity contribution is 0.244. The van der Waals surface area contributed by atoms with Crippen molar-refractivity contribution in [2.24, 2.45) is 5.41 Å². The molecule has 1 fully saturated rings. The number of likely N-dealkylation sites (N-methyl/N-ethyl adjacent to an activating group) is 1. The molecule has 0 saturated carbocycles. The van der Waals surface area contributed by atoms with E-state index >= 15 is 0 Å². The Morgan fingerprint density at radius 3 is 2.50 bits per heavy atom. The molecule has 0 spiro atoms. The smallest absolute Gasteiger partial charge is 0.279 e. The highest BCUT2D eigenvalue weighted by Gasteiger charge is 2.32. The van der Waals surface area contributed by atoms with Gasteiger partial charge in [-0.2, -0.15) is 12.7 Å². The molecule has 6 heteroatoms. The maximum absolute atomic E-state index is 12.3.